The van der Waals surface area contributed by atoms with E-state index in [-0.39, 0.29) is 12.5 Å². The number of carbonyl (C=O) groups excluding carboxylic acids is 1. The highest BCUT2D eigenvalue weighted by Crippen LogP contribution is 2.26. The molecule has 0 unspecified atom stereocenters. The van der Waals surface area contributed by atoms with Crippen LogP contribution in [0.1, 0.15) is 23.9 Å². The molecule has 0 saturated heterocycles. The second kappa shape index (κ2) is 4.92. The molecule has 20 heavy (non-hydrogen) atoms. The molecule has 0 atom stereocenters. The number of fused-ring (bicyclic) bond motifs is 1. The van der Waals surface area contributed by atoms with E-state index in [0.717, 1.165) is 34.8 Å². The summed E-state index contributed by atoms with van der Waals surface area (Å²) < 4.78 is 1.80. The first kappa shape index (κ1) is 12.6. The molecule has 1 aliphatic heterocycles. The summed E-state index contributed by atoms with van der Waals surface area (Å²) in [7, 11) is 1.88. The molecule has 5 nitrogen and oxygen atoms in total. The molecule has 2 aromatic rings. The molecule has 0 spiro atoms. The van der Waals surface area contributed by atoms with Crippen LogP contribution in [0.15, 0.2) is 35.3 Å². The summed E-state index contributed by atoms with van der Waals surface area (Å²) in [4.78, 5) is 16.3. The lowest BCUT2D eigenvalue weighted by atomic mass is 10.1. The van der Waals surface area contributed by atoms with Gasteiger partial charge in [0.15, 0.2) is 0 Å². The highest BCUT2D eigenvalue weighted by Gasteiger charge is 2.24. The van der Waals surface area contributed by atoms with Gasteiger partial charge in [-0.3, -0.25) is 14.5 Å². The van der Waals surface area contributed by atoms with E-state index in [1.165, 1.54) is 0 Å². The number of benzene rings is 1. The normalized spacial score (nSPS) is 14.3. The fourth-order valence-electron chi connectivity index (χ4n) is 2.46. The average Bonchev–Trinajstić information content (AvgIpc) is 2.67. The monoisotopic (exact) mass is 268 g/mol. The fourth-order valence-corrected chi connectivity index (χ4v) is 2.46. The van der Waals surface area contributed by atoms with Gasteiger partial charge in [-0.1, -0.05) is 37.3 Å². The number of nitrogens with zero attached hydrogens (tertiary/aromatic N) is 3. The van der Waals surface area contributed by atoms with E-state index < -0.39 is 0 Å². The van der Waals surface area contributed by atoms with Gasteiger partial charge in [-0.15, -0.1) is 0 Å². The molecule has 1 aromatic heterocycles. The lowest BCUT2D eigenvalue weighted by molar-refractivity contribution is -0.114. The first-order valence-electron chi connectivity index (χ1n) is 6.66. The first-order valence-corrected chi connectivity index (χ1v) is 6.66. The van der Waals surface area contributed by atoms with Gasteiger partial charge in [0.25, 0.3) is 0 Å². The molecule has 0 aliphatic carbocycles. The quantitative estimate of drug-likeness (QED) is 0.902. The molecule has 1 aromatic carbocycles. The largest absolute Gasteiger partial charge is 0.321 e. The van der Waals surface area contributed by atoms with Crippen molar-refractivity contribution in [1.82, 2.24) is 9.78 Å². The molecule has 0 bridgehead atoms. The standard InChI is InChI=1S/C15H16N4O/c1-3-11-14-15(19(2)18-11)13(16-9-12(20)17-14)10-7-5-4-6-8-10/h4-8H,3,9H2,1-2H3,(H,17,20). The van der Waals surface area contributed by atoms with Crippen molar-refractivity contribution in [2.45, 2.75) is 13.3 Å². The third kappa shape index (κ3) is 2.01. The summed E-state index contributed by atoms with van der Waals surface area (Å²) in [5.41, 5.74) is 4.37. The third-order valence-electron chi connectivity index (χ3n) is 3.37. The van der Waals surface area contributed by atoms with E-state index >= 15 is 0 Å². The zero-order valence-electron chi connectivity index (χ0n) is 11.6. The predicted octanol–water partition coefficient (Wildman–Crippen LogP) is 1.77. The number of aryl methyl sites for hydroxylation is 2. The molecule has 1 N–H and O–H groups in total. The van der Waals surface area contributed by atoms with Gasteiger partial charge in [0.05, 0.1) is 17.1 Å². The number of hydrogen-bond acceptors (Lipinski definition) is 3. The number of anilines is 1. The molecule has 3 rings (SSSR count). The van der Waals surface area contributed by atoms with Gasteiger partial charge in [-0.25, -0.2) is 0 Å². The van der Waals surface area contributed by atoms with Crippen LogP contribution in [0.2, 0.25) is 0 Å². The van der Waals surface area contributed by atoms with Crippen LogP contribution >= 0.6 is 0 Å². The maximum absolute atomic E-state index is 11.8. The number of nitrogens with one attached hydrogen (secondary N) is 1. The zero-order chi connectivity index (χ0) is 14.1. The summed E-state index contributed by atoms with van der Waals surface area (Å²) in [6, 6.07) is 9.89. The second-order valence-electron chi connectivity index (χ2n) is 4.73. The van der Waals surface area contributed by atoms with Gasteiger partial charge >= 0.3 is 0 Å². The zero-order valence-corrected chi connectivity index (χ0v) is 11.6. The topological polar surface area (TPSA) is 59.3 Å². The Balaban J connectivity index is 2.22. The minimum atomic E-state index is -0.0973. The summed E-state index contributed by atoms with van der Waals surface area (Å²) >= 11 is 0. The van der Waals surface area contributed by atoms with Crippen LogP contribution in [0, 0.1) is 0 Å². The van der Waals surface area contributed by atoms with E-state index in [2.05, 4.69) is 15.4 Å². The smallest absolute Gasteiger partial charge is 0.246 e. The first-order chi connectivity index (χ1) is 9.70. The summed E-state index contributed by atoms with van der Waals surface area (Å²) in [6.45, 7) is 2.17. The van der Waals surface area contributed by atoms with Crippen molar-refractivity contribution in [3.05, 3.63) is 47.3 Å². The Morgan fingerprint density at radius 1 is 1.30 bits per heavy atom. The van der Waals surface area contributed by atoms with Crippen LogP contribution in [0.4, 0.5) is 5.69 Å². The molecule has 0 saturated carbocycles. The van der Waals surface area contributed by atoms with Crippen LogP contribution in [-0.2, 0) is 18.3 Å². The van der Waals surface area contributed by atoms with Crippen molar-refractivity contribution < 1.29 is 4.79 Å². The van der Waals surface area contributed by atoms with Crippen LogP contribution < -0.4 is 5.32 Å². The third-order valence-corrected chi connectivity index (χ3v) is 3.37. The lowest BCUT2D eigenvalue weighted by Crippen LogP contribution is -2.14. The van der Waals surface area contributed by atoms with Crippen molar-refractivity contribution in [3.63, 3.8) is 0 Å². The Labute approximate surface area is 117 Å². The van der Waals surface area contributed by atoms with Gasteiger partial charge in [-0.2, -0.15) is 5.10 Å². The minimum Gasteiger partial charge on any atom is -0.321 e. The van der Waals surface area contributed by atoms with E-state index in [0.29, 0.717) is 0 Å². The van der Waals surface area contributed by atoms with Crippen LogP contribution in [0.25, 0.3) is 0 Å². The number of aromatic nitrogens is 2. The maximum Gasteiger partial charge on any atom is 0.246 e. The predicted molar refractivity (Wildman–Crippen MR) is 78.2 cm³/mol. The van der Waals surface area contributed by atoms with Gasteiger partial charge in [0, 0.05) is 12.6 Å². The molecule has 0 radical (unpaired) electrons. The van der Waals surface area contributed by atoms with Gasteiger partial charge in [-0.05, 0) is 6.42 Å². The molecule has 0 fully saturated rings. The Bertz CT molecular complexity index is 685. The van der Waals surface area contributed by atoms with Crippen LogP contribution in [0.5, 0.6) is 0 Å². The molecule has 2 heterocycles. The van der Waals surface area contributed by atoms with E-state index in [9.17, 15) is 4.79 Å². The molecule has 5 heteroatoms. The van der Waals surface area contributed by atoms with Crippen LogP contribution in [-0.4, -0.2) is 27.9 Å². The van der Waals surface area contributed by atoms with Gasteiger partial charge < -0.3 is 5.32 Å². The van der Waals surface area contributed by atoms with Crippen molar-refractivity contribution in [2.24, 2.45) is 12.0 Å². The molecule has 102 valence electrons. The average molecular weight is 268 g/mol. The maximum atomic E-state index is 11.8. The van der Waals surface area contributed by atoms with Crippen molar-refractivity contribution >= 4 is 17.3 Å². The number of aliphatic imine (C=N–C) groups is 1. The fraction of sp³-hybridized carbons (Fsp3) is 0.267. The number of amides is 1. The van der Waals surface area contributed by atoms with Crippen molar-refractivity contribution in [2.75, 3.05) is 11.9 Å². The highest BCUT2D eigenvalue weighted by molar-refractivity contribution is 6.18. The van der Waals surface area contributed by atoms with Crippen LogP contribution in [0.3, 0.4) is 0 Å². The van der Waals surface area contributed by atoms with Gasteiger partial charge in [0.2, 0.25) is 5.91 Å². The van der Waals surface area contributed by atoms with E-state index in [1.807, 2.05) is 44.3 Å². The number of carbonyl (C=O) groups is 1. The van der Waals surface area contributed by atoms with Crippen molar-refractivity contribution in [3.8, 4) is 0 Å². The highest BCUT2D eigenvalue weighted by atomic mass is 16.1. The Hall–Kier alpha value is -2.43. The Morgan fingerprint density at radius 2 is 2.05 bits per heavy atom. The molecule has 1 amide bonds. The molecular weight excluding hydrogens is 252 g/mol. The summed E-state index contributed by atoms with van der Waals surface area (Å²) in [5, 5.41) is 7.41. The summed E-state index contributed by atoms with van der Waals surface area (Å²) in [5.74, 6) is -0.0973. The SMILES string of the molecule is CCc1nn(C)c2c1NC(=O)CN=C2c1ccccc1. The summed E-state index contributed by atoms with van der Waals surface area (Å²) in [6.07, 6.45) is 0.769. The Kier molecular flexibility index (Phi) is 3.10. The van der Waals surface area contributed by atoms with E-state index in [1.54, 1.807) is 4.68 Å². The van der Waals surface area contributed by atoms with E-state index in [4.69, 9.17) is 0 Å². The van der Waals surface area contributed by atoms with Crippen molar-refractivity contribution in [1.29, 1.82) is 0 Å². The number of rotatable bonds is 2. The minimum absolute atomic E-state index is 0.0973. The molecule has 1 aliphatic rings. The lowest BCUT2D eigenvalue weighted by Gasteiger charge is -2.07. The second-order valence-corrected chi connectivity index (χ2v) is 4.73. The van der Waals surface area contributed by atoms with Gasteiger partial charge in [0.1, 0.15) is 12.2 Å². The molecular formula is C15H16N4O. The number of hydrogen-bond donors (Lipinski definition) is 1. The Morgan fingerprint density at radius 3 is 2.75 bits per heavy atom.